The fraction of sp³-hybridized carbons (Fsp3) is 0.346. The van der Waals surface area contributed by atoms with E-state index in [1.54, 1.807) is 18.3 Å². The number of hydrogen-bond donors (Lipinski definition) is 1. The highest BCUT2D eigenvalue weighted by atomic mass is 32.1. The molecule has 0 unspecified atom stereocenters. The van der Waals surface area contributed by atoms with Crippen LogP contribution in [0.4, 0.5) is 0 Å². The number of ether oxygens (including phenoxy) is 2. The van der Waals surface area contributed by atoms with Crippen molar-refractivity contribution in [1.29, 1.82) is 0 Å². The Morgan fingerprint density at radius 1 is 1.14 bits per heavy atom. The molecule has 2 aromatic heterocycles. The molecule has 0 saturated carbocycles. The summed E-state index contributed by atoms with van der Waals surface area (Å²) in [4.78, 5) is 21.2. The molecule has 35 heavy (non-hydrogen) atoms. The molecule has 4 heterocycles. The van der Waals surface area contributed by atoms with Crippen LogP contribution in [-0.4, -0.2) is 72.4 Å². The number of hydrogen-bond acceptors (Lipinski definition) is 7. The predicted octanol–water partition coefficient (Wildman–Crippen LogP) is 3.43. The molecule has 0 amide bonds. The highest BCUT2D eigenvalue weighted by Crippen LogP contribution is 2.40. The minimum atomic E-state index is -0.381. The van der Waals surface area contributed by atoms with Crippen LogP contribution in [0.1, 0.15) is 33.9 Å². The third kappa shape index (κ3) is 5.07. The van der Waals surface area contributed by atoms with Crippen molar-refractivity contribution in [3.8, 4) is 11.3 Å². The van der Waals surface area contributed by atoms with Gasteiger partial charge in [0.25, 0.3) is 0 Å². The molecule has 2 saturated heterocycles. The minimum Gasteiger partial charge on any atom is -0.465 e. The molecule has 0 bridgehead atoms. The Bertz CT molecular complexity index is 1180. The lowest BCUT2D eigenvalue weighted by atomic mass is 10.0. The van der Waals surface area contributed by atoms with Crippen LogP contribution in [0.3, 0.4) is 0 Å². The number of esters is 1. The van der Waals surface area contributed by atoms with Gasteiger partial charge in [-0.3, -0.25) is 9.88 Å². The van der Waals surface area contributed by atoms with Crippen LogP contribution < -0.4 is 5.32 Å². The maximum Gasteiger partial charge on any atom is 0.337 e. The first-order valence-electron chi connectivity index (χ1n) is 11.7. The molecule has 2 aliphatic rings. The molecule has 0 spiro atoms. The summed E-state index contributed by atoms with van der Waals surface area (Å²) in [6, 6.07) is 16.7. The highest BCUT2D eigenvalue weighted by molar-refractivity contribution is 7.80. The van der Waals surface area contributed by atoms with E-state index in [1.807, 2.05) is 42.5 Å². The van der Waals surface area contributed by atoms with Gasteiger partial charge in [0.05, 0.1) is 37.6 Å². The minimum absolute atomic E-state index is 0.145. The second-order valence-electron chi connectivity index (χ2n) is 8.55. The van der Waals surface area contributed by atoms with Crippen LogP contribution in [0, 0.1) is 0 Å². The topological polar surface area (TPSA) is 80.1 Å². The largest absolute Gasteiger partial charge is 0.465 e. The molecular formula is C26H28N4O4S. The van der Waals surface area contributed by atoms with E-state index < -0.39 is 0 Å². The van der Waals surface area contributed by atoms with Gasteiger partial charge >= 0.3 is 5.97 Å². The monoisotopic (exact) mass is 492 g/mol. The zero-order valence-electron chi connectivity index (χ0n) is 19.6. The Labute approximate surface area is 209 Å². The number of carbonyl (C=O) groups is 1. The van der Waals surface area contributed by atoms with E-state index in [0.717, 1.165) is 56.4 Å². The molecule has 8 nitrogen and oxygen atoms in total. The molecule has 2 fully saturated rings. The van der Waals surface area contributed by atoms with E-state index in [2.05, 4.69) is 20.1 Å². The van der Waals surface area contributed by atoms with Crippen molar-refractivity contribution in [2.45, 2.75) is 12.1 Å². The van der Waals surface area contributed by atoms with Crippen molar-refractivity contribution in [2.75, 3.05) is 46.5 Å². The van der Waals surface area contributed by atoms with Gasteiger partial charge in [-0.1, -0.05) is 18.2 Å². The Morgan fingerprint density at radius 2 is 2.00 bits per heavy atom. The van der Waals surface area contributed by atoms with Crippen molar-refractivity contribution in [3.05, 3.63) is 77.8 Å². The average molecular weight is 493 g/mol. The molecule has 5 rings (SSSR count). The molecule has 2 atom stereocenters. The van der Waals surface area contributed by atoms with E-state index in [-0.39, 0.29) is 18.1 Å². The Morgan fingerprint density at radius 3 is 2.77 bits per heavy atom. The van der Waals surface area contributed by atoms with Gasteiger partial charge < -0.3 is 24.1 Å². The van der Waals surface area contributed by atoms with E-state index >= 15 is 0 Å². The molecule has 1 aromatic carbocycles. The van der Waals surface area contributed by atoms with Gasteiger partial charge in [-0.15, -0.1) is 0 Å². The second kappa shape index (κ2) is 10.6. The molecule has 9 heteroatoms. The lowest BCUT2D eigenvalue weighted by Gasteiger charge is -2.31. The number of aromatic nitrogens is 1. The number of pyridine rings is 1. The van der Waals surface area contributed by atoms with Crippen LogP contribution in [0.5, 0.6) is 0 Å². The molecule has 1 N–H and O–H groups in total. The molecule has 0 radical (unpaired) electrons. The quantitative estimate of drug-likeness (QED) is 0.394. The summed E-state index contributed by atoms with van der Waals surface area (Å²) in [5.74, 6) is 1.08. The van der Waals surface area contributed by atoms with Crippen LogP contribution in [0.15, 0.2) is 65.2 Å². The average Bonchev–Trinajstić information content (AvgIpc) is 3.52. The molecule has 0 aliphatic carbocycles. The van der Waals surface area contributed by atoms with Gasteiger partial charge in [0.1, 0.15) is 17.6 Å². The summed E-state index contributed by atoms with van der Waals surface area (Å²) in [5.41, 5.74) is 2.19. The number of nitrogens with zero attached hydrogens (tertiary/aromatic N) is 3. The van der Waals surface area contributed by atoms with Gasteiger partial charge in [-0.25, -0.2) is 4.79 Å². The van der Waals surface area contributed by atoms with E-state index in [9.17, 15) is 4.79 Å². The van der Waals surface area contributed by atoms with E-state index in [1.165, 1.54) is 7.11 Å². The van der Waals surface area contributed by atoms with Crippen molar-refractivity contribution in [3.63, 3.8) is 0 Å². The van der Waals surface area contributed by atoms with E-state index in [0.29, 0.717) is 16.4 Å². The third-order valence-corrected chi connectivity index (χ3v) is 6.80. The molecule has 3 aromatic rings. The molecule has 182 valence electrons. The van der Waals surface area contributed by atoms with Gasteiger partial charge in [-0.05, 0) is 48.6 Å². The first-order valence-corrected chi connectivity index (χ1v) is 12.1. The lowest BCUT2D eigenvalue weighted by molar-refractivity contribution is 0.0347. The number of nitrogens with one attached hydrogen (secondary N) is 1. The van der Waals surface area contributed by atoms with Crippen molar-refractivity contribution in [2.24, 2.45) is 0 Å². The number of morpholine rings is 1. The van der Waals surface area contributed by atoms with Crippen molar-refractivity contribution >= 4 is 23.3 Å². The van der Waals surface area contributed by atoms with Gasteiger partial charge in [0.2, 0.25) is 0 Å². The standard InChI is InChI=1S/C26H28N4O4S/c1-32-25(31)19-6-4-5-18(17-19)21-8-9-22(34-21)24-23(20-7-2-3-10-27-20)28-26(35)30(24)12-11-29-13-15-33-16-14-29/h2-10,17,23-24H,11-16H2,1H3,(H,28,35)/t23-,24+/m0/s1. The van der Waals surface area contributed by atoms with Gasteiger partial charge in [0.15, 0.2) is 5.11 Å². The molecule has 2 aliphatic heterocycles. The van der Waals surface area contributed by atoms with Gasteiger partial charge in [-0.2, -0.15) is 0 Å². The van der Waals surface area contributed by atoms with E-state index in [4.69, 9.17) is 26.1 Å². The summed E-state index contributed by atoms with van der Waals surface area (Å²) in [6.07, 6.45) is 1.79. The SMILES string of the molecule is COC(=O)c1cccc(-c2ccc([C@@H]3[C@H](c4ccccn4)NC(=S)N3CCN3CCOCC3)o2)c1. The van der Waals surface area contributed by atoms with Crippen LogP contribution in [0.2, 0.25) is 0 Å². The second-order valence-corrected chi connectivity index (χ2v) is 8.94. The number of methoxy groups -OCH3 is 1. The summed E-state index contributed by atoms with van der Waals surface area (Å²) >= 11 is 5.77. The zero-order chi connectivity index (χ0) is 24.2. The normalized spacial score (nSPS) is 20.6. The Hall–Kier alpha value is -3.27. The Kier molecular flexibility index (Phi) is 7.08. The maximum absolute atomic E-state index is 12.0. The maximum atomic E-state index is 12.0. The van der Waals surface area contributed by atoms with Crippen molar-refractivity contribution < 1.29 is 18.7 Å². The summed E-state index contributed by atoms with van der Waals surface area (Å²) in [5, 5.41) is 4.15. The smallest absolute Gasteiger partial charge is 0.337 e. The van der Waals surface area contributed by atoms with Crippen LogP contribution in [-0.2, 0) is 9.47 Å². The van der Waals surface area contributed by atoms with Crippen molar-refractivity contribution in [1.82, 2.24) is 20.1 Å². The van der Waals surface area contributed by atoms with Gasteiger partial charge in [0, 0.05) is 37.9 Å². The number of benzene rings is 1. The lowest BCUT2D eigenvalue weighted by Crippen LogP contribution is -2.42. The fourth-order valence-corrected chi connectivity index (χ4v) is 4.95. The number of furan rings is 1. The summed E-state index contributed by atoms with van der Waals surface area (Å²) < 4.78 is 16.7. The fourth-order valence-electron chi connectivity index (χ4n) is 4.61. The third-order valence-electron chi connectivity index (χ3n) is 6.45. The highest BCUT2D eigenvalue weighted by Gasteiger charge is 2.41. The first-order chi connectivity index (χ1) is 17.1. The number of thiocarbonyl (C=S) groups is 1. The number of rotatable bonds is 7. The Balaban J connectivity index is 1.44. The number of carbonyl (C=O) groups excluding carboxylic acids is 1. The first kappa shape index (κ1) is 23.5. The van der Waals surface area contributed by atoms with Crippen LogP contribution >= 0.6 is 12.2 Å². The summed E-state index contributed by atoms with van der Waals surface area (Å²) in [7, 11) is 1.37. The summed E-state index contributed by atoms with van der Waals surface area (Å²) in [6.45, 7) is 5.00. The molecular weight excluding hydrogens is 464 g/mol. The predicted molar refractivity (Wildman–Crippen MR) is 135 cm³/mol. The zero-order valence-corrected chi connectivity index (χ0v) is 20.4. The van der Waals surface area contributed by atoms with Crippen LogP contribution in [0.25, 0.3) is 11.3 Å².